The van der Waals surface area contributed by atoms with E-state index in [1.807, 2.05) is 32.0 Å². The Morgan fingerprint density at radius 3 is 2.58 bits per heavy atom. The molecule has 0 aliphatic carbocycles. The SMILES string of the molecule is Cc1cc(C)cc(N(CCC#N)C(=O)COC(=O)c2ccc3c(=O)n4c(nc3c2)CCCCCC4)c1. The molecule has 3 aromatic rings. The molecule has 0 spiro atoms. The van der Waals surface area contributed by atoms with Crippen LogP contribution in [-0.2, 0) is 22.5 Å². The van der Waals surface area contributed by atoms with Gasteiger partial charge in [-0.1, -0.05) is 18.9 Å². The summed E-state index contributed by atoms with van der Waals surface area (Å²) in [5.74, 6) is -0.337. The molecule has 1 aromatic heterocycles. The van der Waals surface area contributed by atoms with E-state index >= 15 is 0 Å². The second kappa shape index (κ2) is 11.2. The van der Waals surface area contributed by atoms with Crippen LogP contribution in [0.15, 0.2) is 41.2 Å². The van der Waals surface area contributed by atoms with Gasteiger partial charge in [-0.25, -0.2) is 9.78 Å². The minimum atomic E-state index is -0.667. The lowest BCUT2D eigenvalue weighted by molar-refractivity contribution is -0.121. The summed E-state index contributed by atoms with van der Waals surface area (Å²) in [6.45, 7) is 4.26. The van der Waals surface area contributed by atoms with Gasteiger partial charge in [0, 0.05) is 25.2 Å². The summed E-state index contributed by atoms with van der Waals surface area (Å²) in [4.78, 5) is 44.9. The first-order valence-corrected chi connectivity index (χ1v) is 12.3. The lowest BCUT2D eigenvalue weighted by Gasteiger charge is -2.22. The molecule has 0 fully saturated rings. The maximum atomic E-state index is 13.0. The quantitative estimate of drug-likeness (QED) is 0.483. The van der Waals surface area contributed by atoms with Gasteiger partial charge in [0.2, 0.25) is 0 Å². The maximum Gasteiger partial charge on any atom is 0.338 e. The average Bonchev–Trinajstić information content (AvgIpc) is 2.83. The number of hydrogen-bond donors (Lipinski definition) is 0. The van der Waals surface area contributed by atoms with Gasteiger partial charge in [0.1, 0.15) is 5.82 Å². The second-order valence-electron chi connectivity index (χ2n) is 9.26. The number of carbonyl (C=O) groups is 2. The van der Waals surface area contributed by atoms with Crippen LogP contribution in [0.3, 0.4) is 0 Å². The summed E-state index contributed by atoms with van der Waals surface area (Å²) in [6, 6.07) is 12.5. The minimum absolute atomic E-state index is 0.0893. The van der Waals surface area contributed by atoms with Crippen LogP contribution in [0, 0.1) is 25.2 Å². The van der Waals surface area contributed by atoms with Gasteiger partial charge < -0.3 is 9.64 Å². The highest BCUT2D eigenvalue weighted by Crippen LogP contribution is 2.20. The van der Waals surface area contributed by atoms with Gasteiger partial charge >= 0.3 is 5.97 Å². The van der Waals surface area contributed by atoms with Crippen LogP contribution in [0.2, 0.25) is 0 Å². The number of anilines is 1. The predicted octanol–water partition coefficient (Wildman–Crippen LogP) is 4.23. The van der Waals surface area contributed by atoms with E-state index in [2.05, 4.69) is 11.1 Å². The number of rotatable bonds is 6. The number of amides is 1. The molecule has 2 heterocycles. The smallest absolute Gasteiger partial charge is 0.338 e. The van der Waals surface area contributed by atoms with Crippen LogP contribution in [-0.4, -0.2) is 34.6 Å². The van der Waals surface area contributed by atoms with Gasteiger partial charge in [-0.15, -0.1) is 0 Å². The average molecular weight is 487 g/mol. The monoisotopic (exact) mass is 486 g/mol. The molecule has 0 saturated heterocycles. The fourth-order valence-corrected chi connectivity index (χ4v) is 4.68. The summed E-state index contributed by atoms with van der Waals surface area (Å²) < 4.78 is 7.09. The van der Waals surface area contributed by atoms with Gasteiger partial charge in [-0.3, -0.25) is 14.2 Å². The molecule has 1 aliphatic heterocycles. The molecule has 36 heavy (non-hydrogen) atoms. The van der Waals surface area contributed by atoms with Crippen molar-refractivity contribution in [3.05, 3.63) is 69.3 Å². The fourth-order valence-electron chi connectivity index (χ4n) is 4.68. The highest BCUT2D eigenvalue weighted by molar-refractivity contribution is 5.98. The molecule has 0 saturated carbocycles. The maximum absolute atomic E-state index is 13.0. The topological polar surface area (TPSA) is 105 Å². The molecular formula is C28H30N4O4. The van der Waals surface area contributed by atoms with E-state index in [0.29, 0.717) is 23.1 Å². The Bertz CT molecular complexity index is 1380. The van der Waals surface area contributed by atoms with Crippen molar-refractivity contribution in [2.45, 2.75) is 58.9 Å². The van der Waals surface area contributed by atoms with Gasteiger partial charge in [-0.05, 0) is 68.1 Å². The van der Waals surface area contributed by atoms with E-state index in [4.69, 9.17) is 10.00 Å². The van der Waals surface area contributed by atoms with Gasteiger partial charge in [0.25, 0.3) is 11.5 Å². The lowest BCUT2D eigenvalue weighted by Crippen LogP contribution is -2.35. The summed E-state index contributed by atoms with van der Waals surface area (Å²) in [7, 11) is 0. The van der Waals surface area contributed by atoms with E-state index in [1.165, 1.54) is 11.0 Å². The third-order valence-electron chi connectivity index (χ3n) is 6.40. The van der Waals surface area contributed by atoms with Crippen molar-refractivity contribution in [1.82, 2.24) is 9.55 Å². The zero-order chi connectivity index (χ0) is 25.7. The van der Waals surface area contributed by atoms with E-state index in [1.54, 1.807) is 16.7 Å². The van der Waals surface area contributed by atoms with E-state index in [9.17, 15) is 14.4 Å². The Hall–Kier alpha value is -3.99. The molecule has 1 amide bonds. The number of hydrogen-bond acceptors (Lipinski definition) is 6. The third kappa shape index (κ3) is 5.62. The molecule has 8 nitrogen and oxygen atoms in total. The van der Waals surface area contributed by atoms with Crippen molar-refractivity contribution in [3.63, 3.8) is 0 Å². The van der Waals surface area contributed by atoms with E-state index in [0.717, 1.165) is 49.1 Å². The van der Waals surface area contributed by atoms with Gasteiger partial charge in [-0.2, -0.15) is 5.26 Å². The number of ether oxygens (including phenoxy) is 1. The highest BCUT2D eigenvalue weighted by atomic mass is 16.5. The normalized spacial score (nSPS) is 13.2. The van der Waals surface area contributed by atoms with Crippen molar-refractivity contribution in [2.24, 2.45) is 0 Å². The molecule has 2 aromatic carbocycles. The molecule has 8 heteroatoms. The Morgan fingerprint density at radius 1 is 1.08 bits per heavy atom. The number of benzene rings is 2. The van der Waals surface area contributed by atoms with Crippen molar-refractivity contribution >= 4 is 28.5 Å². The molecule has 1 aliphatic rings. The molecule has 0 unspecified atom stereocenters. The number of esters is 1. The third-order valence-corrected chi connectivity index (χ3v) is 6.40. The first kappa shape index (κ1) is 25.1. The molecule has 0 N–H and O–H groups in total. The number of aromatic nitrogens is 2. The van der Waals surface area contributed by atoms with E-state index < -0.39 is 18.5 Å². The number of carbonyl (C=O) groups excluding carboxylic acids is 2. The summed E-state index contributed by atoms with van der Waals surface area (Å²) in [5.41, 5.74) is 3.24. The molecule has 186 valence electrons. The molecule has 0 radical (unpaired) electrons. The Kier molecular flexibility index (Phi) is 7.79. The Morgan fingerprint density at radius 2 is 1.83 bits per heavy atom. The first-order chi connectivity index (χ1) is 17.4. The van der Waals surface area contributed by atoms with Crippen molar-refractivity contribution in [2.75, 3.05) is 18.1 Å². The second-order valence-corrected chi connectivity index (χ2v) is 9.26. The fraction of sp³-hybridized carbons (Fsp3) is 0.393. The van der Waals surface area contributed by atoms with Crippen LogP contribution >= 0.6 is 0 Å². The highest BCUT2D eigenvalue weighted by Gasteiger charge is 2.20. The molecule has 0 bridgehead atoms. The number of aryl methyl sites for hydroxylation is 3. The molecule has 4 rings (SSSR count). The zero-order valence-corrected chi connectivity index (χ0v) is 20.7. The standard InChI is InChI=1S/C28H30N4O4/c1-19-14-20(2)16-22(15-19)31(13-7-11-29)26(33)18-36-28(35)21-9-10-23-24(17-21)30-25-8-5-3-4-6-12-32(25)27(23)34/h9-10,14-17H,3-8,12-13,18H2,1-2H3. The van der Waals surface area contributed by atoms with Gasteiger partial charge in [0.05, 0.1) is 29.0 Å². The van der Waals surface area contributed by atoms with Crippen LogP contribution in [0.5, 0.6) is 0 Å². The molecule has 0 atom stereocenters. The largest absolute Gasteiger partial charge is 0.452 e. The van der Waals surface area contributed by atoms with Crippen LogP contribution in [0.1, 0.15) is 59.4 Å². The summed E-state index contributed by atoms with van der Waals surface area (Å²) in [6.07, 6.45) is 5.03. The van der Waals surface area contributed by atoms with Crippen LogP contribution in [0.25, 0.3) is 10.9 Å². The zero-order valence-electron chi connectivity index (χ0n) is 20.7. The van der Waals surface area contributed by atoms with Crippen molar-refractivity contribution in [3.8, 4) is 6.07 Å². The van der Waals surface area contributed by atoms with Crippen LogP contribution in [0.4, 0.5) is 5.69 Å². The van der Waals surface area contributed by atoms with Crippen molar-refractivity contribution < 1.29 is 14.3 Å². The number of fused-ring (bicyclic) bond motifs is 2. The van der Waals surface area contributed by atoms with E-state index in [-0.39, 0.29) is 24.1 Å². The number of nitrogens with zero attached hydrogens (tertiary/aromatic N) is 4. The number of nitriles is 1. The van der Waals surface area contributed by atoms with Crippen LogP contribution < -0.4 is 10.5 Å². The predicted molar refractivity (Wildman–Crippen MR) is 137 cm³/mol. The summed E-state index contributed by atoms with van der Waals surface area (Å²) >= 11 is 0. The first-order valence-electron chi connectivity index (χ1n) is 12.3. The Balaban J connectivity index is 1.52. The molecular weight excluding hydrogens is 456 g/mol. The minimum Gasteiger partial charge on any atom is -0.452 e. The van der Waals surface area contributed by atoms with Crippen molar-refractivity contribution in [1.29, 1.82) is 5.26 Å². The van der Waals surface area contributed by atoms with Gasteiger partial charge in [0.15, 0.2) is 6.61 Å². The summed E-state index contributed by atoms with van der Waals surface area (Å²) in [5, 5.41) is 9.49. The lowest BCUT2D eigenvalue weighted by atomic mass is 10.1. The Labute approximate surface area is 210 Å².